The molecule has 0 atom stereocenters. The zero-order chi connectivity index (χ0) is 18.4. The Labute approximate surface area is 164 Å². The van der Waals surface area contributed by atoms with Crippen LogP contribution in [0.2, 0.25) is 5.02 Å². The second kappa shape index (κ2) is 9.97. The van der Waals surface area contributed by atoms with E-state index in [1.165, 1.54) is 12.1 Å². The van der Waals surface area contributed by atoms with Crippen molar-refractivity contribution in [1.29, 1.82) is 0 Å². The molecule has 7 heteroatoms. The van der Waals surface area contributed by atoms with Gasteiger partial charge in [0.15, 0.2) is 11.5 Å². The van der Waals surface area contributed by atoms with Gasteiger partial charge in [-0.1, -0.05) is 23.7 Å². The van der Waals surface area contributed by atoms with Gasteiger partial charge in [-0.05, 0) is 43.7 Å². The topological polar surface area (TPSA) is 50.7 Å². The molecule has 0 bridgehead atoms. The largest absolute Gasteiger partial charge is 1.00 e. The third-order valence-electron chi connectivity index (χ3n) is 3.79. The van der Waals surface area contributed by atoms with E-state index in [9.17, 15) is 9.50 Å². The fourth-order valence-corrected chi connectivity index (χ4v) is 2.35. The van der Waals surface area contributed by atoms with Crippen molar-refractivity contribution in [3.05, 3.63) is 58.4 Å². The van der Waals surface area contributed by atoms with E-state index >= 15 is 0 Å². The summed E-state index contributed by atoms with van der Waals surface area (Å²) in [6.45, 7) is 4.70. The number of nitrogens with one attached hydrogen (secondary N) is 1. The third kappa shape index (κ3) is 6.32. The van der Waals surface area contributed by atoms with Gasteiger partial charge in [-0.3, -0.25) is 0 Å². The van der Waals surface area contributed by atoms with E-state index in [2.05, 4.69) is 5.32 Å². The van der Waals surface area contributed by atoms with E-state index in [0.29, 0.717) is 28.6 Å². The molecule has 144 valence electrons. The van der Waals surface area contributed by atoms with Crippen LogP contribution < -0.4 is 27.2 Å². The first-order valence-electron chi connectivity index (χ1n) is 7.94. The van der Waals surface area contributed by atoms with Crippen LogP contribution >= 0.6 is 11.6 Å². The number of aliphatic hydroxyl groups is 1. The number of aliphatic hydroxyl groups excluding tert-OH is 1. The van der Waals surface area contributed by atoms with E-state index in [4.69, 9.17) is 21.1 Å². The molecule has 0 fully saturated rings. The lowest BCUT2D eigenvalue weighted by Crippen LogP contribution is -3.00. The number of hydrogen-bond acceptors (Lipinski definition) is 4. The second-order valence-corrected chi connectivity index (χ2v) is 6.81. The minimum absolute atomic E-state index is 0. The first kappa shape index (κ1) is 22.5. The van der Waals surface area contributed by atoms with Gasteiger partial charge in [-0.2, -0.15) is 0 Å². The van der Waals surface area contributed by atoms with Crippen LogP contribution in [0.15, 0.2) is 36.4 Å². The predicted molar refractivity (Wildman–Crippen MR) is 96.7 cm³/mol. The van der Waals surface area contributed by atoms with Crippen LogP contribution in [0.4, 0.5) is 4.39 Å². The Balaban J connectivity index is 0.00000338. The maximum Gasteiger partial charge on any atom is 0.161 e. The van der Waals surface area contributed by atoms with Crippen LogP contribution in [-0.4, -0.2) is 24.4 Å². The first-order chi connectivity index (χ1) is 11.8. The first-order valence-corrected chi connectivity index (χ1v) is 8.32. The smallest absolute Gasteiger partial charge is 0.161 e. The molecule has 0 saturated carbocycles. The molecule has 0 aliphatic heterocycles. The normalized spacial score (nSPS) is 11.0. The average molecular weight is 403 g/mol. The van der Waals surface area contributed by atoms with Crippen LogP contribution in [0.3, 0.4) is 0 Å². The molecule has 0 amide bonds. The standard InChI is InChI=1S/C19H23ClFNO3.ClH/c1-19(2,12-23)22-10-13-4-7-17(18(8-13)24-3)25-11-14-5-6-15(21)9-16(14)20;/h4-9,22-23H,10-12H2,1-3H3;1H/p-1. The minimum Gasteiger partial charge on any atom is -1.00 e. The van der Waals surface area contributed by atoms with Gasteiger partial charge >= 0.3 is 0 Å². The van der Waals surface area contributed by atoms with Crippen LogP contribution in [0.5, 0.6) is 11.5 Å². The molecule has 4 nitrogen and oxygen atoms in total. The zero-order valence-electron chi connectivity index (χ0n) is 15.0. The zero-order valence-corrected chi connectivity index (χ0v) is 16.5. The number of benzene rings is 2. The lowest BCUT2D eigenvalue weighted by molar-refractivity contribution is -0.00000728. The SMILES string of the molecule is COc1cc(CNC(C)(C)CO)ccc1OCc1ccc(F)cc1Cl.[Cl-]. The summed E-state index contributed by atoms with van der Waals surface area (Å²) >= 11 is 6.01. The predicted octanol–water partition coefficient (Wildman–Crippen LogP) is 0.931. The van der Waals surface area contributed by atoms with Crippen LogP contribution in [-0.2, 0) is 13.2 Å². The summed E-state index contributed by atoms with van der Waals surface area (Å²) in [4.78, 5) is 0. The quantitative estimate of drug-likeness (QED) is 0.689. The summed E-state index contributed by atoms with van der Waals surface area (Å²) in [7, 11) is 1.57. The van der Waals surface area contributed by atoms with Crippen molar-refractivity contribution in [3.8, 4) is 11.5 Å². The van der Waals surface area contributed by atoms with Crippen molar-refractivity contribution in [2.75, 3.05) is 13.7 Å². The highest BCUT2D eigenvalue weighted by atomic mass is 35.5. The molecule has 0 heterocycles. The number of rotatable bonds is 8. The van der Waals surface area contributed by atoms with Gasteiger partial charge in [0.1, 0.15) is 12.4 Å². The Morgan fingerprint density at radius 1 is 1.15 bits per heavy atom. The van der Waals surface area contributed by atoms with Crippen LogP contribution in [0, 0.1) is 5.82 Å². The Kier molecular flexibility index (Phi) is 8.63. The number of hydrogen-bond donors (Lipinski definition) is 2. The molecule has 2 aromatic carbocycles. The van der Waals surface area contributed by atoms with Crippen molar-refractivity contribution in [2.45, 2.75) is 32.5 Å². The van der Waals surface area contributed by atoms with Gasteiger partial charge < -0.3 is 32.3 Å². The maximum atomic E-state index is 13.1. The highest BCUT2D eigenvalue weighted by Gasteiger charge is 2.15. The van der Waals surface area contributed by atoms with Crippen LogP contribution in [0.1, 0.15) is 25.0 Å². The van der Waals surface area contributed by atoms with Crippen molar-refractivity contribution < 1.29 is 31.4 Å². The van der Waals surface area contributed by atoms with Crippen molar-refractivity contribution >= 4 is 11.6 Å². The monoisotopic (exact) mass is 402 g/mol. The van der Waals surface area contributed by atoms with Gasteiger partial charge in [0.05, 0.1) is 18.7 Å². The molecule has 2 N–H and O–H groups in total. The van der Waals surface area contributed by atoms with E-state index in [1.54, 1.807) is 13.2 Å². The number of methoxy groups -OCH3 is 1. The molecule has 0 radical (unpaired) electrons. The molecular weight excluding hydrogens is 380 g/mol. The second-order valence-electron chi connectivity index (χ2n) is 6.41. The van der Waals surface area contributed by atoms with Gasteiger partial charge in [-0.25, -0.2) is 4.39 Å². The maximum absolute atomic E-state index is 13.1. The van der Waals surface area contributed by atoms with Crippen molar-refractivity contribution in [2.24, 2.45) is 0 Å². The Bertz CT molecular complexity index is 726. The van der Waals surface area contributed by atoms with E-state index in [1.807, 2.05) is 32.0 Å². The Morgan fingerprint density at radius 2 is 1.88 bits per heavy atom. The summed E-state index contributed by atoms with van der Waals surface area (Å²) in [5.41, 5.74) is 1.34. The molecule has 0 unspecified atom stereocenters. The molecule has 0 saturated heterocycles. The van der Waals surface area contributed by atoms with E-state index < -0.39 is 0 Å². The van der Waals surface area contributed by atoms with Gasteiger partial charge in [0.2, 0.25) is 0 Å². The summed E-state index contributed by atoms with van der Waals surface area (Å²) in [6, 6.07) is 9.82. The summed E-state index contributed by atoms with van der Waals surface area (Å²) < 4.78 is 24.2. The molecular formula is C19H23Cl2FNO3-. The highest BCUT2D eigenvalue weighted by molar-refractivity contribution is 6.31. The molecule has 2 aromatic rings. The third-order valence-corrected chi connectivity index (χ3v) is 4.14. The lowest BCUT2D eigenvalue weighted by Gasteiger charge is -2.23. The Morgan fingerprint density at radius 3 is 2.50 bits per heavy atom. The van der Waals surface area contributed by atoms with Crippen molar-refractivity contribution in [3.63, 3.8) is 0 Å². The highest BCUT2D eigenvalue weighted by Crippen LogP contribution is 2.30. The lowest BCUT2D eigenvalue weighted by atomic mass is 10.1. The molecule has 0 aliphatic carbocycles. The van der Waals surface area contributed by atoms with Gasteiger partial charge in [0, 0.05) is 17.6 Å². The average Bonchev–Trinajstić information content (AvgIpc) is 2.59. The van der Waals surface area contributed by atoms with Crippen molar-refractivity contribution in [1.82, 2.24) is 5.32 Å². The van der Waals surface area contributed by atoms with E-state index in [-0.39, 0.29) is 37.0 Å². The summed E-state index contributed by atoms with van der Waals surface area (Å²) in [5.74, 6) is 0.793. The van der Waals surface area contributed by atoms with E-state index in [0.717, 1.165) is 5.56 Å². The Hall–Kier alpha value is -1.53. The van der Waals surface area contributed by atoms with Gasteiger partial charge in [-0.15, -0.1) is 0 Å². The fourth-order valence-electron chi connectivity index (χ4n) is 2.13. The molecule has 2 rings (SSSR count). The van der Waals surface area contributed by atoms with Gasteiger partial charge in [0.25, 0.3) is 0 Å². The summed E-state index contributed by atoms with van der Waals surface area (Å²) in [6.07, 6.45) is 0. The molecule has 26 heavy (non-hydrogen) atoms. The van der Waals surface area contributed by atoms with Crippen LogP contribution in [0.25, 0.3) is 0 Å². The number of ether oxygens (including phenoxy) is 2. The molecule has 0 aromatic heterocycles. The molecule has 0 spiro atoms. The fraction of sp³-hybridized carbons (Fsp3) is 0.368. The molecule has 0 aliphatic rings. The minimum atomic E-state index is -0.381. The number of halogens is 3. The summed E-state index contributed by atoms with van der Waals surface area (Å²) in [5, 5.41) is 12.9.